The van der Waals surface area contributed by atoms with Crippen LogP contribution in [-0.2, 0) is 9.53 Å². The predicted octanol–water partition coefficient (Wildman–Crippen LogP) is 3.27. The number of nitrogens with zero attached hydrogens (tertiary/aromatic N) is 1. The normalized spacial score (nSPS) is 15.3. The maximum Gasteiger partial charge on any atom is 0.306 e. The number of hydrogen-bond acceptors (Lipinski definition) is 3. The average molecular weight is 303 g/mol. The molecule has 0 bridgehead atoms. The summed E-state index contributed by atoms with van der Waals surface area (Å²) >= 11 is 0. The van der Waals surface area contributed by atoms with E-state index in [0.29, 0.717) is 12.3 Å². The minimum Gasteiger partial charge on any atom is -0.460 e. The molecule has 1 heterocycles. The van der Waals surface area contributed by atoms with E-state index in [9.17, 15) is 9.59 Å². The Kier molecular flexibility index (Phi) is 5.22. The second-order valence-corrected chi connectivity index (χ2v) is 6.92. The number of carbonyl (C=O) groups excluding carboxylic acids is 2. The number of amides is 1. The van der Waals surface area contributed by atoms with Crippen molar-refractivity contribution < 1.29 is 14.3 Å². The van der Waals surface area contributed by atoms with Gasteiger partial charge in [0.05, 0.1) is 0 Å². The summed E-state index contributed by atoms with van der Waals surface area (Å²) in [5.74, 6) is 0.475. The molecule has 1 aliphatic rings. The van der Waals surface area contributed by atoms with Crippen molar-refractivity contribution in [2.75, 3.05) is 13.1 Å². The Balaban J connectivity index is 1.64. The number of likely N-dealkylation sites (tertiary alicyclic amines) is 1. The average Bonchev–Trinajstić information content (AvgIpc) is 2.39. The SMILES string of the molecule is CC(C)(C)OC(=O)CCCC1CN(C(=O)c2ccccc2)C1. The van der Waals surface area contributed by atoms with Gasteiger partial charge in [-0.2, -0.15) is 0 Å². The zero-order valence-corrected chi connectivity index (χ0v) is 13.7. The third-order valence-electron chi connectivity index (χ3n) is 3.68. The van der Waals surface area contributed by atoms with Gasteiger partial charge in [0.2, 0.25) is 0 Å². The highest BCUT2D eigenvalue weighted by Gasteiger charge is 2.30. The van der Waals surface area contributed by atoms with E-state index in [2.05, 4.69) is 0 Å². The van der Waals surface area contributed by atoms with Gasteiger partial charge < -0.3 is 9.64 Å². The number of ether oxygens (including phenoxy) is 1. The molecule has 0 radical (unpaired) electrons. The van der Waals surface area contributed by atoms with Gasteiger partial charge in [-0.1, -0.05) is 18.2 Å². The summed E-state index contributed by atoms with van der Waals surface area (Å²) in [4.78, 5) is 25.6. The molecule has 0 unspecified atom stereocenters. The summed E-state index contributed by atoms with van der Waals surface area (Å²) in [5, 5.41) is 0. The molecule has 120 valence electrons. The van der Waals surface area contributed by atoms with Crippen LogP contribution < -0.4 is 0 Å². The zero-order chi connectivity index (χ0) is 16.2. The van der Waals surface area contributed by atoms with E-state index in [-0.39, 0.29) is 11.9 Å². The van der Waals surface area contributed by atoms with Crippen LogP contribution in [0.25, 0.3) is 0 Å². The molecular formula is C18H25NO3. The molecule has 0 saturated carbocycles. The third kappa shape index (κ3) is 4.86. The van der Waals surface area contributed by atoms with Crippen molar-refractivity contribution in [2.24, 2.45) is 5.92 Å². The lowest BCUT2D eigenvalue weighted by Crippen LogP contribution is -2.49. The molecule has 0 aliphatic carbocycles. The first-order chi connectivity index (χ1) is 10.3. The van der Waals surface area contributed by atoms with E-state index >= 15 is 0 Å². The molecule has 1 amide bonds. The van der Waals surface area contributed by atoms with Crippen molar-refractivity contribution in [3.63, 3.8) is 0 Å². The smallest absolute Gasteiger partial charge is 0.306 e. The molecule has 1 aromatic carbocycles. The number of benzene rings is 1. The van der Waals surface area contributed by atoms with Gasteiger partial charge in [0.25, 0.3) is 5.91 Å². The van der Waals surface area contributed by atoms with Crippen LogP contribution in [0.4, 0.5) is 0 Å². The summed E-state index contributed by atoms with van der Waals surface area (Å²) < 4.78 is 5.28. The first-order valence-electron chi connectivity index (χ1n) is 7.91. The predicted molar refractivity (Wildman–Crippen MR) is 85.5 cm³/mol. The van der Waals surface area contributed by atoms with Gasteiger partial charge >= 0.3 is 5.97 Å². The fourth-order valence-corrected chi connectivity index (χ4v) is 2.61. The van der Waals surface area contributed by atoms with Crippen molar-refractivity contribution >= 4 is 11.9 Å². The van der Waals surface area contributed by atoms with Gasteiger partial charge in [0.15, 0.2) is 0 Å². The number of hydrogen-bond donors (Lipinski definition) is 0. The molecule has 22 heavy (non-hydrogen) atoms. The standard InChI is InChI=1S/C18H25NO3/c1-18(2,3)22-16(20)11-7-8-14-12-19(13-14)17(21)15-9-5-4-6-10-15/h4-6,9-10,14H,7-8,11-13H2,1-3H3. The van der Waals surface area contributed by atoms with Gasteiger partial charge in [-0.3, -0.25) is 9.59 Å². The summed E-state index contributed by atoms with van der Waals surface area (Å²) in [6, 6.07) is 9.36. The second-order valence-electron chi connectivity index (χ2n) is 6.92. The minimum atomic E-state index is -0.410. The largest absolute Gasteiger partial charge is 0.460 e. The lowest BCUT2D eigenvalue weighted by Gasteiger charge is -2.39. The molecule has 0 aromatic heterocycles. The fourth-order valence-electron chi connectivity index (χ4n) is 2.61. The Hall–Kier alpha value is -1.84. The number of rotatable bonds is 5. The third-order valence-corrected chi connectivity index (χ3v) is 3.68. The van der Waals surface area contributed by atoms with Crippen LogP contribution in [0, 0.1) is 5.92 Å². The number of carbonyl (C=O) groups is 2. The van der Waals surface area contributed by atoms with Crippen LogP contribution >= 0.6 is 0 Å². The summed E-state index contributed by atoms with van der Waals surface area (Å²) in [5.41, 5.74) is 0.335. The Labute approximate surface area is 132 Å². The first kappa shape index (κ1) is 16.5. The molecule has 0 spiro atoms. The number of esters is 1. The van der Waals surface area contributed by atoms with Gasteiger partial charge in [-0.15, -0.1) is 0 Å². The van der Waals surface area contributed by atoms with E-state index in [4.69, 9.17) is 4.74 Å². The second kappa shape index (κ2) is 6.95. The first-order valence-corrected chi connectivity index (χ1v) is 7.91. The molecule has 4 nitrogen and oxygen atoms in total. The lowest BCUT2D eigenvalue weighted by molar-refractivity contribution is -0.155. The van der Waals surface area contributed by atoms with E-state index in [0.717, 1.165) is 31.5 Å². The molecule has 4 heteroatoms. The molecule has 2 rings (SSSR count). The Morgan fingerprint density at radius 1 is 1.18 bits per heavy atom. The van der Waals surface area contributed by atoms with Crippen LogP contribution in [0.2, 0.25) is 0 Å². The van der Waals surface area contributed by atoms with Crippen molar-refractivity contribution in [3.8, 4) is 0 Å². The Morgan fingerprint density at radius 2 is 1.82 bits per heavy atom. The monoisotopic (exact) mass is 303 g/mol. The molecule has 1 aliphatic heterocycles. The van der Waals surface area contributed by atoms with E-state index in [1.807, 2.05) is 56.0 Å². The van der Waals surface area contributed by atoms with Crippen LogP contribution in [0.15, 0.2) is 30.3 Å². The van der Waals surface area contributed by atoms with Crippen molar-refractivity contribution in [1.29, 1.82) is 0 Å². The van der Waals surface area contributed by atoms with Crippen LogP contribution in [0.1, 0.15) is 50.4 Å². The van der Waals surface area contributed by atoms with Crippen LogP contribution in [0.5, 0.6) is 0 Å². The highest BCUT2D eigenvalue weighted by molar-refractivity contribution is 5.94. The van der Waals surface area contributed by atoms with E-state index in [1.54, 1.807) is 0 Å². The maximum atomic E-state index is 12.2. The molecule has 1 fully saturated rings. The maximum absolute atomic E-state index is 12.2. The zero-order valence-electron chi connectivity index (χ0n) is 13.7. The summed E-state index contributed by atoms with van der Waals surface area (Å²) in [6.45, 7) is 7.22. The highest BCUT2D eigenvalue weighted by Crippen LogP contribution is 2.23. The lowest BCUT2D eigenvalue weighted by atomic mass is 9.93. The molecule has 0 N–H and O–H groups in total. The summed E-state index contributed by atoms with van der Waals surface area (Å²) in [7, 11) is 0. The minimum absolute atomic E-state index is 0.101. The van der Waals surface area contributed by atoms with Gasteiger partial charge in [-0.25, -0.2) is 0 Å². The molecular weight excluding hydrogens is 278 g/mol. The Morgan fingerprint density at radius 3 is 2.41 bits per heavy atom. The van der Waals surface area contributed by atoms with Gasteiger partial charge in [0.1, 0.15) is 5.60 Å². The Bertz CT molecular complexity index is 513. The summed E-state index contributed by atoms with van der Waals surface area (Å²) in [6.07, 6.45) is 2.26. The van der Waals surface area contributed by atoms with Gasteiger partial charge in [-0.05, 0) is 51.7 Å². The van der Waals surface area contributed by atoms with Crippen LogP contribution in [0.3, 0.4) is 0 Å². The molecule has 0 atom stereocenters. The van der Waals surface area contributed by atoms with Crippen molar-refractivity contribution in [1.82, 2.24) is 4.90 Å². The highest BCUT2D eigenvalue weighted by atomic mass is 16.6. The molecule has 1 aromatic rings. The van der Waals surface area contributed by atoms with Crippen molar-refractivity contribution in [2.45, 2.75) is 45.6 Å². The quantitative estimate of drug-likeness (QED) is 0.784. The van der Waals surface area contributed by atoms with Gasteiger partial charge in [0, 0.05) is 25.1 Å². The van der Waals surface area contributed by atoms with Crippen molar-refractivity contribution in [3.05, 3.63) is 35.9 Å². The topological polar surface area (TPSA) is 46.6 Å². The van der Waals surface area contributed by atoms with Crippen LogP contribution in [-0.4, -0.2) is 35.5 Å². The fraction of sp³-hybridized carbons (Fsp3) is 0.556. The van der Waals surface area contributed by atoms with E-state index in [1.165, 1.54) is 0 Å². The molecule has 1 saturated heterocycles. The van der Waals surface area contributed by atoms with E-state index < -0.39 is 5.60 Å².